The zero-order valence-corrected chi connectivity index (χ0v) is 11.3. The molecule has 3 rings (SSSR count). The monoisotopic (exact) mass is 253 g/mol. The van der Waals surface area contributed by atoms with E-state index in [1.165, 1.54) is 24.1 Å². The fourth-order valence-corrected chi connectivity index (χ4v) is 2.62. The second-order valence-corrected chi connectivity index (χ2v) is 5.18. The minimum Gasteiger partial charge on any atom is -0.398 e. The van der Waals surface area contributed by atoms with Gasteiger partial charge in [0.25, 0.3) is 0 Å². The van der Waals surface area contributed by atoms with Crippen molar-refractivity contribution in [3.8, 4) is 11.3 Å². The van der Waals surface area contributed by atoms with Crippen LogP contribution in [0.2, 0.25) is 0 Å². The largest absolute Gasteiger partial charge is 0.398 e. The summed E-state index contributed by atoms with van der Waals surface area (Å²) in [5.74, 6) is 0. The number of benzene rings is 1. The molecule has 19 heavy (non-hydrogen) atoms. The maximum Gasteiger partial charge on any atom is 0.0726 e. The fourth-order valence-electron chi connectivity index (χ4n) is 2.62. The zero-order valence-electron chi connectivity index (χ0n) is 11.3. The van der Waals surface area contributed by atoms with E-state index in [1.54, 1.807) is 0 Å². The van der Waals surface area contributed by atoms with Gasteiger partial charge in [0.15, 0.2) is 0 Å². The summed E-state index contributed by atoms with van der Waals surface area (Å²) in [4.78, 5) is 6.86. The Kier molecular flexibility index (Phi) is 3.11. The lowest BCUT2D eigenvalue weighted by molar-refractivity contribution is 0.949. The van der Waals surface area contributed by atoms with Gasteiger partial charge in [-0.1, -0.05) is 0 Å². The lowest BCUT2D eigenvalue weighted by Crippen LogP contribution is -2.17. The van der Waals surface area contributed by atoms with Gasteiger partial charge in [0.05, 0.1) is 5.69 Å². The Morgan fingerprint density at radius 2 is 1.89 bits per heavy atom. The van der Waals surface area contributed by atoms with Gasteiger partial charge in [-0.15, -0.1) is 0 Å². The smallest absolute Gasteiger partial charge is 0.0726 e. The van der Waals surface area contributed by atoms with Gasteiger partial charge in [-0.25, -0.2) is 0 Å². The Balaban J connectivity index is 2.02. The molecule has 98 valence electrons. The van der Waals surface area contributed by atoms with E-state index in [0.717, 1.165) is 30.0 Å². The molecule has 3 heteroatoms. The standard InChI is InChI=1S/C16H19N3/c1-12-6-7-18-16(10-12)14-11-13(4-5-15(14)17)19-8-2-3-9-19/h4-7,10-11H,2-3,8-9,17H2,1H3. The molecule has 0 saturated carbocycles. The molecule has 1 aromatic carbocycles. The van der Waals surface area contributed by atoms with E-state index in [9.17, 15) is 0 Å². The quantitative estimate of drug-likeness (QED) is 0.835. The molecule has 2 heterocycles. The first-order valence-electron chi connectivity index (χ1n) is 6.81. The highest BCUT2D eigenvalue weighted by molar-refractivity contribution is 5.78. The van der Waals surface area contributed by atoms with Crippen LogP contribution >= 0.6 is 0 Å². The SMILES string of the molecule is Cc1ccnc(-c2cc(N3CCCC3)ccc2N)c1. The van der Waals surface area contributed by atoms with Crippen molar-refractivity contribution in [2.75, 3.05) is 23.7 Å². The highest BCUT2D eigenvalue weighted by Crippen LogP contribution is 2.30. The molecule has 1 aliphatic rings. The minimum atomic E-state index is 0.793. The van der Waals surface area contributed by atoms with Gasteiger partial charge < -0.3 is 10.6 Å². The molecule has 3 nitrogen and oxygen atoms in total. The minimum absolute atomic E-state index is 0.793. The number of nitrogens with zero attached hydrogens (tertiary/aromatic N) is 2. The van der Waals surface area contributed by atoms with Crippen molar-refractivity contribution in [3.63, 3.8) is 0 Å². The second kappa shape index (κ2) is 4.92. The molecule has 0 atom stereocenters. The highest BCUT2D eigenvalue weighted by atomic mass is 15.1. The number of rotatable bonds is 2. The first kappa shape index (κ1) is 12.0. The summed E-state index contributed by atoms with van der Waals surface area (Å²) in [6.45, 7) is 4.36. The third-order valence-electron chi connectivity index (χ3n) is 3.70. The van der Waals surface area contributed by atoms with Crippen LogP contribution in [0.3, 0.4) is 0 Å². The van der Waals surface area contributed by atoms with Crippen molar-refractivity contribution in [3.05, 3.63) is 42.1 Å². The van der Waals surface area contributed by atoms with Crippen LogP contribution in [-0.4, -0.2) is 18.1 Å². The fraction of sp³-hybridized carbons (Fsp3) is 0.312. The number of hydrogen-bond donors (Lipinski definition) is 1. The van der Waals surface area contributed by atoms with E-state index < -0.39 is 0 Å². The van der Waals surface area contributed by atoms with Crippen molar-refractivity contribution in [1.29, 1.82) is 0 Å². The molecule has 1 fully saturated rings. The van der Waals surface area contributed by atoms with Gasteiger partial charge in [-0.05, 0) is 55.7 Å². The van der Waals surface area contributed by atoms with E-state index in [2.05, 4.69) is 35.0 Å². The molecule has 0 bridgehead atoms. The van der Waals surface area contributed by atoms with Crippen LogP contribution in [0.4, 0.5) is 11.4 Å². The van der Waals surface area contributed by atoms with Crippen molar-refractivity contribution in [1.82, 2.24) is 4.98 Å². The molecule has 1 saturated heterocycles. The third kappa shape index (κ3) is 2.41. The second-order valence-electron chi connectivity index (χ2n) is 5.18. The van der Waals surface area contributed by atoms with E-state index in [1.807, 2.05) is 18.3 Å². The van der Waals surface area contributed by atoms with Crippen LogP contribution in [0.5, 0.6) is 0 Å². The molecular weight excluding hydrogens is 234 g/mol. The van der Waals surface area contributed by atoms with Gasteiger partial charge in [0, 0.05) is 36.2 Å². The summed E-state index contributed by atoms with van der Waals surface area (Å²) in [5.41, 5.74) is 11.4. The van der Waals surface area contributed by atoms with E-state index in [4.69, 9.17) is 5.73 Å². The number of hydrogen-bond acceptors (Lipinski definition) is 3. The van der Waals surface area contributed by atoms with Crippen molar-refractivity contribution in [2.45, 2.75) is 19.8 Å². The number of aryl methyl sites for hydroxylation is 1. The van der Waals surface area contributed by atoms with E-state index in [-0.39, 0.29) is 0 Å². The Morgan fingerprint density at radius 3 is 2.63 bits per heavy atom. The average molecular weight is 253 g/mol. The number of anilines is 2. The number of nitrogen functional groups attached to an aromatic ring is 1. The zero-order chi connectivity index (χ0) is 13.2. The topological polar surface area (TPSA) is 42.2 Å². The summed E-state index contributed by atoms with van der Waals surface area (Å²) in [6, 6.07) is 10.4. The highest BCUT2D eigenvalue weighted by Gasteiger charge is 2.14. The Bertz CT molecular complexity index is 586. The maximum atomic E-state index is 6.11. The van der Waals surface area contributed by atoms with Crippen LogP contribution in [0.1, 0.15) is 18.4 Å². The molecule has 0 aliphatic carbocycles. The summed E-state index contributed by atoms with van der Waals surface area (Å²) >= 11 is 0. The number of pyridine rings is 1. The molecule has 0 spiro atoms. The summed E-state index contributed by atoms with van der Waals surface area (Å²) in [6.07, 6.45) is 4.40. The third-order valence-corrected chi connectivity index (χ3v) is 3.70. The number of aromatic nitrogens is 1. The molecule has 2 N–H and O–H groups in total. The number of nitrogens with two attached hydrogens (primary N) is 1. The van der Waals surface area contributed by atoms with Crippen LogP contribution in [-0.2, 0) is 0 Å². The van der Waals surface area contributed by atoms with Gasteiger partial charge >= 0.3 is 0 Å². The summed E-state index contributed by atoms with van der Waals surface area (Å²) in [7, 11) is 0. The molecule has 1 aromatic heterocycles. The van der Waals surface area contributed by atoms with E-state index >= 15 is 0 Å². The predicted molar refractivity (Wildman–Crippen MR) is 80.3 cm³/mol. The molecule has 0 unspecified atom stereocenters. The predicted octanol–water partition coefficient (Wildman–Crippen LogP) is 3.24. The molecule has 0 radical (unpaired) electrons. The van der Waals surface area contributed by atoms with Crippen LogP contribution in [0.25, 0.3) is 11.3 Å². The average Bonchev–Trinajstić information content (AvgIpc) is 2.93. The van der Waals surface area contributed by atoms with Gasteiger partial charge in [0.1, 0.15) is 0 Å². The lowest BCUT2D eigenvalue weighted by Gasteiger charge is -2.19. The molecule has 2 aromatic rings. The summed E-state index contributed by atoms with van der Waals surface area (Å²) < 4.78 is 0. The molecule has 0 amide bonds. The maximum absolute atomic E-state index is 6.11. The van der Waals surface area contributed by atoms with Crippen molar-refractivity contribution in [2.24, 2.45) is 0 Å². The Morgan fingerprint density at radius 1 is 1.11 bits per heavy atom. The molecular formula is C16H19N3. The summed E-state index contributed by atoms with van der Waals surface area (Å²) in [5, 5.41) is 0. The Hall–Kier alpha value is -2.03. The van der Waals surface area contributed by atoms with Crippen LogP contribution < -0.4 is 10.6 Å². The van der Waals surface area contributed by atoms with Gasteiger partial charge in [0.2, 0.25) is 0 Å². The van der Waals surface area contributed by atoms with Crippen molar-refractivity contribution < 1.29 is 0 Å². The first-order chi connectivity index (χ1) is 9.24. The lowest BCUT2D eigenvalue weighted by atomic mass is 10.1. The van der Waals surface area contributed by atoms with Crippen LogP contribution in [0.15, 0.2) is 36.5 Å². The first-order valence-corrected chi connectivity index (χ1v) is 6.81. The normalized spacial score (nSPS) is 14.9. The van der Waals surface area contributed by atoms with Gasteiger partial charge in [-0.3, -0.25) is 4.98 Å². The van der Waals surface area contributed by atoms with Crippen molar-refractivity contribution >= 4 is 11.4 Å². The molecule has 1 aliphatic heterocycles. The van der Waals surface area contributed by atoms with Gasteiger partial charge in [-0.2, -0.15) is 0 Å². The van der Waals surface area contributed by atoms with E-state index in [0.29, 0.717) is 0 Å². The van der Waals surface area contributed by atoms with Crippen LogP contribution in [0, 0.1) is 6.92 Å². The Labute approximate surface area is 114 Å².